The molecule has 1 heterocycles. The number of nitrogens with one attached hydrogen (secondary N) is 2. The third kappa shape index (κ3) is 3.53. The minimum atomic E-state index is -0.0331. The van der Waals surface area contributed by atoms with Gasteiger partial charge in [-0.1, -0.05) is 5.16 Å². The van der Waals surface area contributed by atoms with Crippen LogP contribution in [-0.4, -0.2) is 36.2 Å². The van der Waals surface area contributed by atoms with Crippen molar-refractivity contribution in [2.24, 2.45) is 0 Å². The Labute approximate surface area is 82.1 Å². The molecule has 0 atom stereocenters. The van der Waals surface area contributed by atoms with Gasteiger partial charge in [0.15, 0.2) is 5.82 Å². The molecule has 14 heavy (non-hydrogen) atoms. The molecule has 0 saturated carbocycles. The van der Waals surface area contributed by atoms with Gasteiger partial charge in [-0.2, -0.15) is 4.98 Å². The van der Waals surface area contributed by atoms with Gasteiger partial charge in [-0.25, -0.2) is 0 Å². The average molecular weight is 198 g/mol. The third-order valence-electron chi connectivity index (χ3n) is 1.66. The number of nitrogens with zero attached hydrogens (tertiary/aromatic N) is 2. The molecule has 0 saturated heterocycles. The van der Waals surface area contributed by atoms with Crippen LogP contribution in [0.5, 0.6) is 0 Å². The van der Waals surface area contributed by atoms with Crippen molar-refractivity contribution in [1.82, 2.24) is 20.8 Å². The zero-order valence-electron chi connectivity index (χ0n) is 8.33. The molecule has 1 rings (SSSR count). The number of aromatic nitrogens is 2. The van der Waals surface area contributed by atoms with Crippen molar-refractivity contribution in [2.75, 3.05) is 20.1 Å². The number of carbonyl (C=O) groups is 1. The summed E-state index contributed by atoms with van der Waals surface area (Å²) in [4.78, 5) is 14.8. The number of aryl methyl sites for hydroxylation is 1. The van der Waals surface area contributed by atoms with Crippen LogP contribution in [0, 0.1) is 6.92 Å². The Kier molecular flexibility index (Phi) is 4.06. The maximum Gasteiger partial charge on any atom is 0.233 e. The van der Waals surface area contributed by atoms with Crippen molar-refractivity contribution < 1.29 is 9.32 Å². The molecule has 0 aliphatic carbocycles. The van der Waals surface area contributed by atoms with E-state index in [9.17, 15) is 4.79 Å². The van der Waals surface area contributed by atoms with E-state index in [-0.39, 0.29) is 5.91 Å². The molecule has 1 amide bonds. The van der Waals surface area contributed by atoms with E-state index in [1.54, 1.807) is 14.0 Å². The lowest BCUT2D eigenvalue weighted by atomic mass is 10.4. The van der Waals surface area contributed by atoms with Crippen LogP contribution in [0.1, 0.15) is 11.7 Å². The van der Waals surface area contributed by atoms with E-state index in [0.717, 1.165) is 0 Å². The normalized spacial score (nSPS) is 10.1. The molecule has 0 radical (unpaired) electrons. The standard InChI is InChI=1S/C8H14N4O2/c1-6-11-7(12-14-6)3-4-10-5-8(13)9-2/h10H,3-5H2,1-2H3,(H,9,13). The lowest BCUT2D eigenvalue weighted by molar-refractivity contribution is -0.119. The van der Waals surface area contributed by atoms with Gasteiger partial charge in [-0.15, -0.1) is 0 Å². The second kappa shape index (κ2) is 5.33. The van der Waals surface area contributed by atoms with Gasteiger partial charge >= 0.3 is 0 Å². The van der Waals surface area contributed by atoms with Crippen LogP contribution in [0.15, 0.2) is 4.52 Å². The van der Waals surface area contributed by atoms with Crippen LogP contribution >= 0.6 is 0 Å². The van der Waals surface area contributed by atoms with Crippen molar-refractivity contribution in [3.63, 3.8) is 0 Å². The van der Waals surface area contributed by atoms with Crippen molar-refractivity contribution in [2.45, 2.75) is 13.3 Å². The monoisotopic (exact) mass is 198 g/mol. The van der Waals surface area contributed by atoms with Crippen LogP contribution in [0.3, 0.4) is 0 Å². The van der Waals surface area contributed by atoms with Gasteiger partial charge in [-0.3, -0.25) is 4.79 Å². The number of rotatable bonds is 5. The Morgan fingerprint density at radius 1 is 1.57 bits per heavy atom. The van der Waals surface area contributed by atoms with Crippen molar-refractivity contribution in [3.8, 4) is 0 Å². The quantitative estimate of drug-likeness (QED) is 0.609. The first-order valence-electron chi connectivity index (χ1n) is 4.43. The van der Waals surface area contributed by atoms with Crippen molar-refractivity contribution in [1.29, 1.82) is 0 Å². The fraction of sp³-hybridized carbons (Fsp3) is 0.625. The first-order chi connectivity index (χ1) is 6.72. The summed E-state index contributed by atoms with van der Waals surface area (Å²) in [6.45, 7) is 2.72. The van der Waals surface area contributed by atoms with E-state index in [1.807, 2.05) is 0 Å². The molecule has 6 nitrogen and oxygen atoms in total. The number of hydrogen-bond donors (Lipinski definition) is 2. The Morgan fingerprint density at radius 3 is 2.93 bits per heavy atom. The van der Waals surface area contributed by atoms with Crippen LogP contribution in [0.2, 0.25) is 0 Å². The molecule has 2 N–H and O–H groups in total. The molecular weight excluding hydrogens is 184 g/mol. The number of amides is 1. The van der Waals surface area contributed by atoms with E-state index in [2.05, 4.69) is 20.8 Å². The maximum atomic E-state index is 10.8. The van der Waals surface area contributed by atoms with E-state index >= 15 is 0 Å². The summed E-state index contributed by atoms with van der Waals surface area (Å²) in [6, 6.07) is 0. The van der Waals surface area contributed by atoms with Gasteiger partial charge in [-0.05, 0) is 0 Å². The molecule has 6 heteroatoms. The molecule has 0 aromatic carbocycles. The molecule has 1 aromatic rings. The Balaban J connectivity index is 2.13. The van der Waals surface area contributed by atoms with Gasteiger partial charge in [0.25, 0.3) is 0 Å². The van der Waals surface area contributed by atoms with Crippen LogP contribution in [0.4, 0.5) is 0 Å². The minimum Gasteiger partial charge on any atom is -0.358 e. The summed E-state index contributed by atoms with van der Waals surface area (Å²) in [6.07, 6.45) is 0.661. The smallest absolute Gasteiger partial charge is 0.233 e. The molecule has 1 aromatic heterocycles. The number of carbonyl (C=O) groups excluding carboxylic acids is 1. The zero-order valence-corrected chi connectivity index (χ0v) is 8.33. The lowest BCUT2D eigenvalue weighted by Crippen LogP contribution is -2.32. The minimum absolute atomic E-state index is 0.0331. The predicted octanol–water partition coefficient (Wildman–Crippen LogP) is -0.744. The molecule has 0 bridgehead atoms. The predicted molar refractivity (Wildman–Crippen MR) is 49.7 cm³/mol. The summed E-state index contributed by atoms with van der Waals surface area (Å²) in [5.74, 6) is 1.19. The maximum absolute atomic E-state index is 10.8. The summed E-state index contributed by atoms with van der Waals surface area (Å²) in [5.41, 5.74) is 0. The molecule has 0 aliphatic rings. The topological polar surface area (TPSA) is 80.0 Å². The van der Waals surface area contributed by atoms with E-state index in [1.165, 1.54) is 0 Å². The first-order valence-corrected chi connectivity index (χ1v) is 4.43. The Morgan fingerprint density at radius 2 is 2.36 bits per heavy atom. The third-order valence-corrected chi connectivity index (χ3v) is 1.66. The number of likely N-dealkylation sites (N-methyl/N-ethyl adjacent to an activating group) is 1. The zero-order chi connectivity index (χ0) is 10.4. The van der Waals surface area contributed by atoms with Crippen LogP contribution in [-0.2, 0) is 11.2 Å². The van der Waals surface area contributed by atoms with Crippen LogP contribution in [0.25, 0.3) is 0 Å². The lowest BCUT2D eigenvalue weighted by Gasteiger charge is -2.00. The van der Waals surface area contributed by atoms with E-state index in [0.29, 0.717) is 31.2 Å². The number of hydrogen-bond acceptors (Lipinski definition) is 5. The highest BCUT2D eigenvalue weighted by Crippen LogP contribution is 1.94. The summed E-state index contributed by atoms with van der Waals surface area (Å²) in [5, 5.41) is 9.20. The van der Waals surface area contributed by atoms with Crippen LogP contribution < -0.4 is 10.6 Å². The highest BCUT2D eigenvalue weighted by atomic mass is 16.5. The van der Waals surface area contributed by atoms with Gasteiger partial charge in [0.05, 0.1) is 6.54 Å². The highest BCUT2D eigenvalue weighted by Gasteiger charge is 2.01. The van der Waals surface area contributed by atoms with E-state index < -0.39 is 0 Å². The Bertz CT molecular complexity index is 297. The van der Waals surface area contributed by atoms with Crippen molar-refractivity contribution >= 4 is 5.91 Å². The second-order valence-electron chi connectivity index (χ2n) is 2.83. The summed E-state index contributed by atoms with van der Waals surface area (Å²) >= 11 is 0. The van der Waals surface area contributed by atoms with E-state index in [4.69, 9.17) is 4.52 Å². The molecule has 0 unspecified atom stereocenters. The second-order valence-corrected chi connectivity index (χ2v) is 2.83. The molecule has 0 aliphatic heterocycles. The largest absolute Gasteiger partial charge is 0.358 e. The molecule has 0 spiro atoms. The van der Waals surface area contributed by atoms with Crippen molar-refractivity contribution in [3.05, 3.63) is 11.7 Å². The highest BCUT2D eigenvalue weighted by molar-refractivity contribution is 5.77. The van der Waals surface area contributed by atoms with Gasteiger partial charge in [0.2, 0.25) is 11.8 Å². The molecular formula is C8H14N4O2. The SMILES string of the molecule is CNC(=O)CNCCc1noc(C)n1. The molecule has 0 fully saturated rings. The van der Waals surface area contributed by atoms with Gasteiger partial charge in [0, 0.05) is 26.9 Å². The summed E-state index contributed by atoms with van der Waals surface area (Å²) < 4.78 is 4.80. The fourth-order valence-corrected chi connectivity index (χ4v) is 0.933. The Hall–Kier alpha value is -1.43. The van der Waals surface area contributed by atoms with Gasteiger partial charge in [0.1, 0.15) is 0 Å². The first kappa shape index (κ1) is 10.6. The fourth-order valence-electron chi connectivity index (χ4n) is 0.933. The molecule has 78 valence electrons. The average Bonchev–Trinajstić information content (AvgIpc) is 2.58. The summed E-state index contributed by atoms with van der Waals surface area (Å²) in [7, 11) is 1.60. The van der Waals surface area contributed by atoms with Gasteiger partial charge < -0.3 is 15.2 Å².